The van der Waals surface area contributed by atoms with Crippen molar-refractivity contribution in [1.29, 1.82) is 0 Å². The van der Waals surface area contributed by atoms with Crippen molar-refractivity contribution >= 4 is 23.0 Å². The van der Waals surface area contributed by atoms with Crippen molar-refractivity contribution in [2.45, 2.75) is 19.9 Å². The average Bonchev–Trinajstić information content (AvgIpc) is 2.49. The fourth-order valence-electron chi connectivity index (χ4n) is 2.10. The molecular weight excluding hydrogens is 280 g/mol. The highest BCUT2D eigenvalue weighted by atomic mass is 32.1. The lowest BCUT2D eigenvalue weighted by atomic mass is 10.1. The smallest absolute Gasteiger partial charge is 0.171 e. The second-order valence-corrected chi connectivity index (χ2v) is 5.34. The Balaban J connectivity index is 2.00. The molecular formula is C17H20N2OS. The van der Waals surface area contributed by atoms with Gasteiger partial charge in [-0.3, -0.25) is 0 Å². The first-order valence-corrected chi connectivity index (χ1v) is 7.28. The Labute approximate surface area is 131 Å². The maximum atomic E-state index is 5.38. The molecule has 0 aliphatic rings. The van der Waals surface area contributed by atoms with Crippen LogP contribution >= 0.6 is 12.2 Å². The molecule has 2 N–H and O–H groups in total. The van der Waals surface area contributed by atoms with E-state index in [1.807, 2.05) is 36.4 Å². The van der Waals surface area contributed by atoms with Crippen LogP contribution in [0.2, 0.25) is 0 Å². The van der Waals surface area contributed by atoms with Crippen molar-refractivity contribution in [1.82, 2.24) is 5.32 Å². The molecule has 2 aromatic rings. The van der Waals surface area contributed by atoms with Gasteiger partial charge in [0.25, 0.3) is 0 Å². The second-order valence-electron chi connectivity index (χ2n) is 4.93. The van der Waals surface area contributed by atoms with E-state index >= 15 is 0 Å². The van der Waals surface area contributed by atoms with Crippen molar-refractivity contribution in [3.8, 4) is 5.75 Å². The summed E-state index contributed by atoms with van der Waals surface area (Å²) in [7, 11) is 1.68. The first kappa shape index (κ1) is 15.3. The first-order chi connectivity index (χ1) is 10.1. The lowest BCUT2D eigenvalue weighted by Gasteiger charge is -2.19. The molecule has 0 fully saturated rings. The number of benzene rings is 2. The molecule has 2 rings (SSSR count). The molecule has 0 bridgehead atoms. The number of hydrogen-bond donors (Lipinski definition) is 2. The van der Waals surface area contributed by atoms with Crippen molar-refractivity contribution in [2.75, 3.05) is 12.4 Å². The van der Waals surface area contributed by atoms with Gasteiger partial charge in [-0.05, 0) is 44.3 Å². The molecule has 4 heteroatoms. The van der Waals surface area contributed by atoms with Crippen molar-refractivity contribution in [3.05, 3.63) is 59.7 Å². The third-order valence-corrected chi connectivity index (χ3v) is 3.48. The molecule has 0 saturated carbocycles. The van der Waals surface area contributed by atoms with Gasteiger partial charge < -0.3 is 15.4 Å². The normalized spacial score (nSPS) is 11.6. The number of methoxy groups -OCH3 is 1. The maximum Gasteiger partial charge on any atom is 0.171 e. The number of aryl methyl sites for hydroxylation is 1. The van der Waals surface area contributed by atoms with Crippen LogP contribution in [0.4, 0.5) is 5.69 Å². The first-order valence-electron chi connectivity index (χ1n) is 6.87. The van der Waals surface area contributed by atoms with Crippen LogP contribution in [0, 0.1) is 6.92 Å². The van der Waals surface area contributed by atoms with Gasteiger partial charge in [0.1, 0.15) is 5.75 Å². The molecule has 0 radical (unpaired) electrons. The number of ether oxygens (including phenoxy) is 1. The molecule has 0 spiro atoms. The number of nitrogens with one attached hydrogen (secondary N) is 2. The average molecular weight is 300 g/mol. The zero-order chi connectivity index (χ0) is 15.2. The fourth-order valence-corrected chi connectivity index (χ4v) is 2.40. The van der Waals surface area contributed by atoms with Crippen LogP contribution in [-0.2, 0) is 0 Å². The third-order valence-electron chi connectivity index (χ3n) is 3.26. The van der Waals surface area contributed by atoms with Crippen molar-refractivity contribution in [2.24, 2.45) is 0 Å². The van der Waals surface area contributed by atoms with E-state index in [1.165, 1.54) is 5.56 Å². The Morgan fingerprint density at radius 2 is 1.76 bits per heavy atom. The summed E-state index contributed by atoms with van der Waals surface area (Å²) in [4.78, 5) is 0. The quantitative estimate of drug-likeness (QED) is 0.835. The highest BCUT2D eigenvalue weighted by Crippen LogP contribution is 2.24. The summed E-state index contributed by atoms with van der Waals surface area (Å²) in [5.41, 5.74) is 3.28. The summed E-state index contributed by atoms with van der Waals surface area (Å²) >= 11 is 5.36. The van der Waals surface area contributed by atoms with E-state index in [2.05, 4.69) is 36.6 Å². The van der Waals surface area contributed by atoms with Gasteiger partial charge in [0.2, 0.25) is 0 Å². The largest absolute Gasteiger partial charge is 0.496 e. The topological polar surface area (TPSA) is 33.3 Å². The molecule has 0 unspecified atom stereocenters. The number of thiocarbonyl (C=S) groups is 1. The predicted octanol–water partition coefficient (Wildman–Crippen LogP) is 4.05. The number of hydrogen-bond acceptors (Lipinski definition) is 2. The fraction of sp³-hybridized carbons (Fsp3) is 0.235. The maximum absolute atomic E-state index is 5.38. The van der Waals surface area contributed by atoms with Gasteiger partial charge in [0.15, 0.2) is 5.11 Å². The summed E-state index contributed by atoms with van der Waals surface area (Å²) < 4.78 is 5.38. The van der Waals surface area contributed by atoms with Gasteiger partial charge in [-0.15, -0.1) is 0 Å². The van der Waals surface area contributed by atoms with Gasteiger partial charge in [0, 0.05) is 11.3 Å². The van der Waals surface area contributed by atoms with Crippen LogP contribution in [0.1, 0.15) is 24.1 Å². The Bertz CT molecular complexity index is 610. The van der Waals surface area contributed by atoms with E-state index in [0.29, 0.717) is 5.11 Å². The molecule has 0 aliphatic carbocycles. The van der Waals surface area contributed by atoms with E-state index < -0.39 is 0 Å². The minimum atomic E-state index is 0.0617. The van der Waals surface area contributed by atoms with Crippen LogP contribution in [0.5, 0.6) is 5.75 Å². The van der Waals surface area contributed by atoms with Crippen LogP contribution in [0.3, 0.4) is 0 Å². The molecule has 21 heavy (non-hydrogen) atoms. The van der Waals surface area contributed by atoms with Crippen LogP contribution in [0.25, 0.3) is 0 Å². The highest BCUT2D eigenvalue weighted by molar-refractivity contribution is 7.80. The molecule has 110 valence electrons. The number of para-hydroxylation sites is 1. The second kappa shape index (κ2) is 7.09. The zero-order valence-electron chi connectivity index (χ0n) is 12.5. The number of anilines is 1. The lowest BCUT2D eigenvalue weighted by molar-refractivity contribution is 0.405. The Morgan fingerprint density at radius 1 is 1.10 bits per heavy atom. The van der Waals surface area contributed by atoms with Crippen LogP contribution in [-0.4, -0.2) is 12.2 Å². The minimum Gasteiger partial charge on any atom is -0.496 e. The van der Waals surface area contributed by atoms with Gasteiger partial charge in [-0.1, -0.05) is 35.9 Å². The minimum absolute atomic E-state index is 0.0617. The van der Waals surface area contributed by atoms with E-state index in [-0.39, 0.29) is 6.04 Å². The molecule has 3 nitrogen and oxygen atoms in total. The monoisotopic (exact) mass is 300 g/mol. The van der Waals surface area contributed by atoms with E-state index in [1.54, 1.807) is 7.11 Å². The van der Waals surface area contributed by atoms with Crippen molar-refractivity contribution in [3.63, 3.8) is 0 Å². The van der Waals surface area contributed by atoms with Gasteiger partial charge >= 0.3 is 0 Å². The molecule has 0 heterocycles. The predicted molar refractivity (Wildman–Crippen MR) is 91.9 cm³/mol. The molecule has 0 aromatic heterocycles. The molecule has 0 aliphatic heterocycles. The Morgan fingerprint density at radius 3 is 2.43 bits per heavy atom. The summed E-state index contributed by atoms with van der Waals surface area (Å²) in [5.74, 6) is 0.857. The van der Waals surface area contributed by atoms with E-state index in [0.717, 1.165) is 17.0 Å². The van der Waals surface area contributed by atoms with Gasteiger partial charge in [0.05, 0.1) is 13.2 Å². The standard InChI is InChI=1S/C17H20N2OS/c1-12-8-10-14(11-9-12)19-17(21)18-13(2)15-6-4-5-7-16(15)20-3/h4-11,13H,1-3H3,(H2,18,19,21)/t13-/m1/s1. The van der Waals surface area contributed by atoms with E-state index in [4.69, 9.17) is 17.0 Å². The molecule has 2 aromatic carbocycles. The van der Waals surface area contributed by atoms with Crippen LogP contribution in [0.15, 0.2) is 48.5 Å². The summed E-state index contributed by atoms with van der Waals surface area (Å²) in [6, 6.07) is 16.1. The van der Waals surface area contributed by atoms with E-state index in [9.17, 15) is 0 Å². The Hall–Kier alpha value is -2.07. The summed E-state index contributed by atoms with van der Waals surface area (Å²) in [6.07, 6.45) is 0. The zero-order valence-corrected chi connectivity index (χ0v) is 13.3. The van der Waals surface area contributed by atoms with Crippen LogP contribution < -0.4 is 15.4 Å². The number of rotatable bonds is 4. The van der Waals surface area contributed by atoms with Gasteiger partial charge in [-0.25, -0.2) is 0 Å². The van der Waals surface area contributed by atoms with Gasteiger partial charge in [-0.2, -0.15) is 0 Å². The SMILES string of the molecule is COc1ccccc1[C@@H](C)NC(=S)Nc1ccc(C)cc1. The molecule has 0 saturated heterocycles. The summed E-state index contributed by atoms with van der Waals surface area (Å²) in [5, 5.41) is 7.06. The highest BCUT2D eigenvalue weighted by Gasteiger charge is 2.11. The lowest BCUT2D eigenvalue weighted by Crippen LogP contribution is -2.31. The molecule has 1 atom stereocenters. The Kier molecular flexibility index (Phi) is 5.17. The summed E-state index contributed by atoms with van der Waals surface area (Å²) in [6.45, 7) is 4.12. The van der Waals surface area contributed by atoms with Crippen molar-refractivity contribution < 1.29 is 4.74 Å². The third kappa shape index (κ3) is 4.20. The molecule has 0 amide bonds.